The number of piperidine rings is 1. The van der Waals surface area contributed by atoms with Crippen molar-refractivity contribution in [1.29, 1.82) is 0 Å². The molecule has 0 spiro atoms. The van der Waals surface area contributed by atoms with Crippen LogP contribution in [0.2, 0.25) is 0 Å². The number of fused-ring (bicyclic) bond motifs is 1. The fourth-order valence-electron chi connectivity index (χ4n) is 3.91. The molecule has 9 heteroatoms. The van der Waals surface area contributed by atoms with E-state index in [1.807, 2.05) is 31.2 Å². The van der Waals surface area contributed by atoms with Crippen molar-refractivity contribution < 1.29 is 9.59 Å². The van der Waals surface area contributed by atoms with Gasteiger partial charge in [-0.1, -0.05) is 29.8 Å². The minimum absolute atomic E-state index is 0.226. The van der Waals surface area contributed by atoms with Gasteiger partial charge in [0.1, 0.15) is 17.8 Å². The van der Waals surface area contributed by atoms with E-state index in [4.69, 9.17) is 0 Å². The molecule has 32 heavy (non-hydrogen) atoms. The van der Waals surface area contributed by atoms with E-state index in [-0.39, 0.29) is 24.9 Å². The molecule has 4 rings (SSSR count). The second-order valence-corrected chi connectivity index (χ2v) is 9.01. The van der Waals surface area contributed by atoms with Gasteiger partial charge in [0.15, 0.2) is 0 Å². The van der Waals surface area contributed by atoms with Crippen molar-refractivity contribution in [1.82, 2.24) is 19.4 Å². The smallest absolute Gasteiger partial charge is 0.332 e. The predicted octanol–water partition coefficient (Wildman–Crippen LogP) is 1.86. The van der Waals surface area contributed by atoms with Crippen molar-refractivity contribution in [2.24, 2.45) is 0 Å². The minimum atomic E-state index is -0.642. The van der Waals surface area contributed by atoms with Crippen LogP contribution in [-0.4, -0.2) is 38.9 Å². The van der Waals surface area contributed by atoms with Crippen LogP contribution in [0.25, 0.3) is 10.2 Å². The normalized spacial score (nSPS) is 14.0. The van der Waals surface area contributed by atoms with E-state index in [1.165, 1.54) is 15.9 Å². The molecule has 8 nitrogen and oxygen atoms in total. The third-order valence-corrected chi connectivity index (χ3v) is 6.64. The Morgan fingerprint density at radius 1 is 0.969 bits per heavy atom. The zero-order valence-corrected chi connectivity index (χ0v) is 18.8. The molecule has 1 aliphatic heterocycles. The average molecular weight is 455 g/mol. The molecule has 2 aromatic heterocycles. The molecule has 1 fully saturated rings. The van der Waals surface area contributed by atoms with Gasteiger partial charge in [-0.2, -0.15) is 0 Å². The Kier molecular flexibility index (Phi) is 6.55. The van der Waals surface area contributed by atoms with Crippen LogP contribution in [0.3, 0.4) is 0 Å². The van der Waals surface area contributed by atoms with Crippen LogP contribution in [0.5, 0.6) is 0 Å². The summed E-state index contributed by atoms with van der Waals surface area (Å²) >= 11 is 1.20. The monoisotopic (exact) mass is 454 g/mol. The van der Waals surface area contributed by atoms with Crippen molar-refractivity contribution in [2.45, 2.75) is 45.8 Å². The lowest BCUT2D eigenvalue weighted by Crippen LogP contribution is -2.46. The van der Waals surface area contributed by atoms with Gasteiger partial charge in [-0.3, -0.25) is 19.0 Å². The van der Waals surface area contributed by atoms with Crippen molar-refractivity contribution >= 4 is 33.4 Å². The summed E-state index contributed by atoms with van der Waals surface area (Å²) in [4.78, 5) is 53.1. The average Bonchev–Trinajstić information content (AvgIpc) is 3.29. The quantitative estimate of drug-likeness (QED) is 0.615. The van der Waals surface area contributed by atoms with Gasteiger partial charge in [-0.05, 0) is 43.2 Å². The molecule has 1 aliphatic rings. The lowest BCUT2D eigenvalue weighted by molar-refractivity contribution is -0.132. The van der Waals surface area contributed by atoms with Gasteiger partial charge in [0.05, 0.1) is 5.52 Å². The van der Waals surface area contributed by atoms with E-state index < -0.39 is 11.2 Å². The van der Waals surface area contributed by atoms with E-state index >= 15 is 0 Å². The molecule has 0 bridgehead atoms. The highest BCUT2D eigenvalue weighted by Gasteiger charge is 2.21. The van der Waals surface area contributed by atoms with Crippen molar-refractivity contribution in [3.05, 3.63) is 67.7 Å². The Morgan fingerprint density at radius 3 is 2.41 bits per heavy atom. The van der Waals surface area contributed by atoms with Crippen LogP contribution in [0.4, 0.5) is 0 Å². The molecule has 2 amide bonds. The molecule has 0 unspecified atom stereocenters. The van der Waals surface area contributed by atoms with Gasteiger partial charge in [0.25, 0.3) is 5.56 Å². The summed E-state index contributed by atoms with van der Waals surface area (Å²) in [5, 5.41) is 4.53. The molecule has 3 aromatic rings. The number of aryl methyl sites for hydroxylation is 1. The summed E-state index contributed by atoms with van der Waals surface area (Å²) in [5.41, 5.74) is 1.37. The number of nitrogens with zero attached hydrogens (tertiary/aromatic N) is 3. The van der Waals surface area contributed by atoms with E-state index in [0.29, 0.717) is 29.9 Å². The number of carbonyl (C=O) groups is 2. The summed E-state index contributed by atoms with van der Waals surface area (Å²) in [6.07, 6.45) is 2.93. The molecule has 3 heterocycles. The fraction of sp³-hybridized carbons (Fsp3) is 0.391. The Labute approximate surface area is 189 Å². The first-order valence-electron chi connectivity index (χ1n) is 10.7. The molecule has 0 aliphatic carbocycles. The maximum Gasteiger partial charge on any atom is 0.332 e. The SMILES string of the molecule is Cc1ccc(CNC(=O)Cn2c(=O)n(CC(=O)N3CCCCC3)c(=O)c3sccc32)cc1. The minimum Gasteiger partial charge on any atom is -0.350 e. The number of rotatable bonds is 6. The van der Waals surface area contributed by atoms with Crippen LogP contribution < -0.4 is 16.6 Å². The zero-order chi connectivity index (χ0) is 22.7. The molecule has 0 saturated carbocycles. The summed E-state index contributed by atoms with van der Waals surface area (Å²) < 4.78 is 2.60. The van der Waals surface area contributed by atoms with E-state index in [9.17, 15) is 19.2 Å². The number of hydrogen-bond donors (Lipinski definition) is 1. The molecule has 0 atom stereocenters. The van der Waals surface area contributed by atoms with E-state index in [2.05, 4.69) is 5.32 Å². The Balaban J connectivity index is 1.56. The molecular weight excluding hydrogens is 428 g/mol. The van der Waals surface area contributed by atoms with Crippen molar-refractivity contribution in [3.8, 4) is 0 Å². The molecule has 1 N–H and O–H groups in total. The van der Waals surface area contributed by atoms with Crippen LogP contribution in [-0.2, 0) is 29.2 Å². The van der Waals surface area contributed by atoms with Gasteiger partial charge in [0.2, 0.25) is 11.8 Å². The fourth-order valence-corrected chi connectivity index (χ4v) is 4.75. The Bertz CT molecular complexity index is 1250. The first kappa shape index (κ1) is 22.0. The highest BCUT2D eigenvalue weighted by atomic mass is 32.1. The number of carbonyl (C=O) groups excluding carboxylic acids is 2. The highest BCUT2D eigenvalue weighted by Crippen LogP contribution is 2.15. The van der Waals surface area contributed by atoms with Crippen LogP contribution in [0, 0.1) is 6.92 Å². The van der Waals surface area contributed by atoms with Gasteiger partial charge in [-0.25, -0.2) is 9.36 Å². The Hall–Kier alpha value is -3.20. The van der Waals surface area contributed by atoms with E-state index in [0.717, 1.165) is 35.0 Å². The number of amides is 2. The van der Waals surface area contributed by atoms with Crippen LogP contribution in [0.15, 0.2) is 45.3 Å². The number of nitrogens with one attached hydrogen (secondary N) is 1. The van der Waals surface area contributed by atoms with E-state index in [1.54, 1.807) is 16.3 Å². The molecular formula is C23H26N4O4S. The first-order valence-corrected chi connectivity index (χ1v) is 11.6. The number of aromatic nitrogens is 2. The topological polar surface area (TPSA) is 93.4 Å². The standard InChI is InChI=1S/C23H26N4O4S/c1-16-5-7-17(8-6-16)13-24-19(28)14-26-18-9-12-32-21(18)22(30)27(23(26)31)15-20(29)25-10-3-2-4-11-25/h5-9,12H,2-4,10-11,13-15H2,1H3,(H,24,28). The maximum absolute atomic E-state index is 13.1. The number of thiophene rings is 1. The number of likely N-dealkylation sites (tertiary alicyclic amines) is 1. The third-order valence-electron chi connectivity index (χ3n) is 5.75. The maximum atomic E-state index is 13.1. The molecule has 1 saturated heterocycles. The zero-order valence-electron chi connectivity index (χ0n) is 18.0. The number of hydrogen-bond acceptors (Lipinski definition) is 5. The van der Waals surface area contributed by atoms with Gasteiger partial charge in [-0.15, -0.1) is 11.3 Å². The second-order valence-electron chi connectivity index (χ2n) is 8.10. The summed E-state index contributed by atoms with van der Waals surface area (Å²) in [5.74, 6) is -0.581. The summed E-state index contributed by atoms with van der Waals surface area (Å²) in [7, 11) is 0. The number of benzene rings is 1. The van der Waals surface area contributed by atoms with Crippen molar-refractivity contribution in [2.75, 3.05) is 13.1 Å². The second kappa shape index (κ2) is 9.52. The Morgan fingerprint density at radius 2 is 1.69 bits per heavy atom. The first-order chi connectivity index (χ1) is 15.4. The van der Waals surface area contributed by atoms with Gasteiger partial charge >= 0.3 is 5.69 Å². The van der Waals surface area contributed by atoms with Gasteiger partial charge in [0, 0.05) is 19.6 Å². The molecule has 168 valence electrons. The summed E-state index contributed by atoms with van der Waals surface area (Å²) in [6.45, 7) is 3.08. The van der Waals surface area contributed by atoms with Crippen LogP contribution >= 0.6 is 11.3 Å². The predicted molar refractivity (Wildman–Crippen MR) is 124 cm³/mol. The third kappa shape index (κ3) is 4.67. The molecule has 1 aromatic carbocycles. The van der Waals surface area contributed by atoms with Gasteiger partial charge < -0.3 is 10.2 Å². The summed E-state index contributed by atoms with van der Waals surface area (Å²) in [6, 6.07) is 9.47. The lowest BCUT2D eigenvalue weighted by atomic mass is 10.1. The lowest BCUT2D eigenvalue weighted by Gasteiger charge is -2.26. The van der Waals surface area contributed by atoms with Crippen LogP contribution in [0.1, 0.15) is 30.4 Å². The molecule has 0 radical (unpaired) electrons. The van der Waals surface area contributed by atoms with Crippen molar-refractivity contribution in [3.63, 3.8) is 0 Å². The highest BCUT2D eigenvalue weighted by molar-refractivity contribution is 7.17. The largest absolute Gasteiger partial charge is 0.350 e.